The van der Waals surface area contributed by atoms with Crippen molar-refractivity contribution in [2.75, 3.05) is 11.9 Å². The highest BCUT2D eigenvalue weighted by Gasteiger charge is 2.17. The van der Waals surface area contributed by atoms with Crippen molar-refractivity contribution in [2.24, 2.45) is 0 Å². The van der Waals surface area contributed by atoms with E-state index in [0.29, 0.717) is 0 Å². The zero-order chi connectivity index (χ0) is 14.5. The van der Waals surface area contributed by atoms with Crippen molar-refractivity contribution in [3.63, 3.8) is 0 Å². The van der Waals surface area contributed by atoms with Crippen molar-refractivity contribution in [1.82, 2.24) is 15.0 Å². The summed E-state index contributed by atoms with van der Waals surface area (Å²) in [6.07, 6.45) is 10.6. The number of nitrogens with one attached hydrogen (secondary N) is 1. The second kappa shape index (κ2) is 6.66. The average Bonchev–Trinajstić information content (AvgIpc) is 2.78. The first-order valence-electron chi connectivity index (χ1n) is 7.92. The second-order valence-corrected chi connectivity index (χ2v) is 5.54. The summed E-state index contributed by atoms with van der Waals surface area (Å²) in [5.41, 5.74) is 3.60. The van der Waals surface area contributed by atoms with Gasteiger partial charge >= 0.3 is 0 Å². The molecule has 2 aromatic rings. The molecular formula is C17H22N4. The van der Waals surface area contributed by atoms with E-state index in [4.69, 9.17) is 9.97 Å². The minimum Gasteiger partial charge on any atom is -0.370 e. The van der Waals surface area contributed by atoms with E-state index < -0.39 is 0 Å². The minimum absolute atomic E-state index is 0.816. The molecule has 0 aliphatic heterocycles. The molecule has 0 amide bonds. The first kappa shape index (κ1) is 14.0. The van der Waals surface area contributed by atoms with Crippen LogP contribution in [0.4, 0.5) is 5.82 Å². The van der Waals surface area contributed by atoms with Crippen LogP contribution >= 0.6 is 0 Å². The maximum absolute atomic E-state index is 4.83. The maximum atomic E-state index is 4.83. The van der Waals surface area contributed by atoms with Gasteiger partial charge in [-0.25, -0.2) is 9.97 Å². The number of hydrogen-bond donors (Lipinski definition) is 1. The molecule has 1 N–H and O–H groups in total. The van der Waals surface area contributed by atoms with Gasteiger partial charge in [-0.3, -0.25) is 4.98 Å². The van der Waals surface area contributed by atoms with Crippen molar-refractivity contribution in [1.29, 1.82) is 0 Å². The molecule has 0 radical (unpaired) electrons. The molecule has 1 aliphatic carbocycles. The number of aromatic nitrogens is 3. The van der Waals surface area contributed by atoms with Crippen LogP contribution in [0.15, 0.2) is 24.5 Å². The van der Waals surface area contributed by atoms with Gasteiger partial charge in [-0.1, -0.05) is 13.3 Å². The Morgan fingerprint density at radius 1 is 1.05 bits per heavy atom. The van der Waals surface area contributed by atoms with Crippen LogP contribution in [-0.4, -0.2) is 21.5 Å². The summed E-state index contributed by atoms with van der Waals surface area (Å²) in [4.78, 5) is 13.7. The molecule has 110 valence electrons. The van der Waals surface area contributed by atoms with E-state index in [-0.39, 0.29) is 0 Å². The monoisotopic (exact) mass is 282 g/mol. The Morgan fingerprint density at radius 3 is 2.67 bits per heavy atom. The molecule has 2 aromatic heterocycles. The SMILES string of the molecule is CCCNc1nc(-c2ccncc2)nc2c1CCCCC2. The molecule has 3 rings (SSSR count). The van der Waals surface area contributed by atoms with Gasteiger partial charge in [0.2, 0.25) is 0 Å². The van der Waals surface area contributed by atoms with Gasteiger partial charge in [0.05, 0.1) is 0 Å². The van der Waals surface area contributed by atoms with E-state index >= 15 is 0 Å². The van der Waals surface area contributed by atoms with Crippen LogP contribution in [0.1, 0.15) is 43.9 Å². The van der Waals surface area contributed by atoms with Gasteiger partial charge in [0.1, 0.15) is 5.82 Å². The Bertz CT molecular complexity index is 595. The van der Waals surface area contributed by atoms with Gasteiger partial charge in [-0.15, -0.1) is 0 Å². The number of aryl methyl sites for hydroxylation is 1. The number of pyridine rings is 1. The highest BCUT2D eigenvalue weighted by Crippen LogP contribution is 2.27. The van der Waals surface area contributed by atoms with Crippen molar-refractivity contribution < 1.29 is 0 Å². The van der Waals surface area contributed by atoms with Crippen molar-refractivity contribution in [2.45, 2.75) is 45.4 Å². The van der Waals surface area contributed by atoms with Gasteiger partial charge < -0.3 is 5.32 Å². The summed E-state index contributed by atoms with van der Waals surface area (Å²) in [7, 11) is 0. The van der Waals surface area contributed by atoms with Crippen molar-refractivity contribution in [3.05, 3.63) is 35.8 Å². The number of rotatable bonds is 4. The van der Waals surface area contributed by atoms with Gasteiger partial charge in [0.25, 0.3) is 0 Å². The highest BCUT2D eigenvalue weighted by atomic mass is 15.0. The summed E-state index contributed by atoms with van der Waals surface area (Å²) < 4.78 is 0. The fourth-order valence-corrected chi connectivity index (χ4v) is 2.79. The van der Waals surface area contributed by atoms with Crippen LogP contribution in [0.5, 0.6) is 0 Å². The number of nitrogens with zero attached hydrogens (tertiary/aromatic N) is 3. The molecule has 0 saturated carbocycles. The topological polar surface area (TPSA) is 50.7 Å². The quantitative estimate of drug-likeness (QED) is 0.870. The first-order valence-corrected chi connectivity index (χ1v) is 7.92. The molecule has 0 atom stereocenters. The molecule has 21 heavy (non-hydrogen) atoms. The van der Waals surface area contributed by atoms with Crippen LogP contribution in [0.25, 0.3) is 11.4 Å². The predicted octanol–water partition coefficient (Wildman–Crippen LogP) is 3.63. The van der Waals surface area contributed by atoms with Crippen LogP contribution in [0, 0.1) is 0 Å². The number of hydrogen-bond acceptors (Lipinski definition) is 4. The minimum atomic E-state index is 0.816. The molecule has 2 heterocycles. The molecule has 0 bridgehead atoms. The zero-order valence-electron chi connectivity index (χ0n) is 12.6. The lowest BCUT2D eigenvalue weighted by Gasteiger charge is -2.14. The third-order valence-corrected chi connectivity index (χ3v) is 3.91. The second-order valence-electron chi connectivity index (χ2n) is 5.54. The third kappa shape index (κ3) is 3.20. The van der Waals surface area contributed by atoms with Gasteiger partial charge in [-0.2, -0.15) is 0 Å². The predicted molar refractivity (Wildman–Crippen MR) is 85.3 cm³/mol. The van der Waals surface area contributed by atoms with E-state index in [1.165, 1.54) is 30.5 Å². The smallest absolute Gasteiger partial charge is 0.161 e. The highest BCUT2D eigenvalue weighted by molar-refractivity contribution is 5.59. The lowest BCUT2D eigenvalue weighted by atomic mass is 10.1. The number of anilines is 1. The Hall–Kier alpha value is -1.97. The lowest BCUT2D eigenvalue weighted by molar-refractivity contribution is 0.709. The van der Waals surface area contributed by atoms with Crippen LogP contribution < -0.4 is 5.32 Å². The first-order chi connectivity index (χ1) is 10.4. The van der Waals surface area contributed by atoms with Crippen LogP contribution in [0.2, 0.25) is 0 Å². The van der Waals surface area contributed by atoms with E-state index in [0.717, 1.165) is 43.0 Å². The van der Waals surface area contributed by atoms with E-state index in [1.54, 1.807) is 12.4 Å². The van der Waals surface area contributed by atoms with Crippen molar-refractivity contribution >= 4 is 5.82 Å². The maximum Gasteiger partial charge on any atom is 0.161 e. The summed E-state index contributed by atoms with van der Waals surface area (Å²) in [5.74, 6) is 1.85. The van der Waals surface area contributed by atoms with Crippen LogP contribution in [0.3, 0.4) is 0 Å². The number of fused-ring (bicyclic) bond motifs is 1. The summed E-state index contributed by atoms with van der Waals surface area (Å²) in [5, 5.41) is 3.49. The van der Waals surface area contributed by atoms with E-state index in [1.807, 2.05) is 12.1 Å². The molecule has 4 nitrogen and oxygen atoms in total. The molecule has 4 heteroatoms. The summed E-state index contributed by atoms with van der Waals surface area (Å²) >= 11 is 0. The summed E-state index contributed by atoms with van der Waals surface area (Å²) in [6.45, 7) is 3.13. The Balaban J connectivity index is 2.04. The van der Waals surface area contributed by atoms with Crippen LogP contribution in [-0.2, 0) is 12.8 Å². The molecule has 0 saturated heterocycles. The van der Waals surface area contributed by atoms with Gasteiger partial charge in [0.15, 0.2) is 5.82 Å². The largest absolute Gasteiger partial charge is 0.370 e. The van der Waals surface area contributed by atoms with Gasteiger partial charge in [0, 0.05) is 35.8 Å². The normalized spacial score (nSPS) is 14.3. The molecule has 0 spiro atoms. The fourth-order valence-electron chi connectivity index (χ4n) is 2.79. The fraction of sp³-hybridized carbons (Fsp3) is 0.471. The molecule has 1 aliphatic rings. The molecule has 0 aromatic carbocycles. The third-order valence-electron chi connectivity index (χ3n) is 3.91. The Kier molecular flexibility index (Phi) is 4.43. The molecule has 0 fully saturated rings. The van der Waals surface area contributed by atoms with Gasteiger partial charge in [-0.05, 0) is 44.2 Å². The molecular weight excluding hydrogens is 260 g/mol. The summed E-state index contributed by atoms with van der Waals surface area (Å²) in [6, 6.07) is 3.95. The van der Waals surface area contributed by atoms with Crippen molar-refractivity contribution in [3.8, 4) is 11.4 Å². The Labute approximate surface area is 126 Å². The standard InChI is InChI=1S/C17H22N4/c1-2-10-19-17-14-6-4-3-5-7-15(14)20-16(21-17)13-8-11-18-12-9-13/h8-9,11-12H,2-7,10H2,1H3,(H,19,20,21). The van der Waals surface area contributed by atoms with E-state index in [2.05, 4.69) is 17.2 Å². The Morgan fingerprint density at radius 2 is 1.86 bits per heavy atom. The zero-order valence-corrected chi connectivity index (χ0v) is 12.6. The lowest BCUT2D eigenvalue weighted by Crippen LogP contribution is -2.10. The molecule has 0 unspecified atom stereocenters. The average molecular weight is 282 g/mol. The van der Waals surface area contributed by atoms with E-state index in [9.17, 15) is 0 Å².